The van der Waals surface area contributed by atoms with Crippen molar-refractivity contribution in [3.8, 4) is 0 Å². The smallest absolute Gasteiger partial charge is 0.394 e. The second kappa shape index (κ2) is 6.48. The molecule has 118 valence electrons. The lowest BCUT2D eigenvalue weighted by Gasteiger charge is -2.35. The summed E-state index contributed by atoms with van der Waals surface area (Å²) >= 11 is 5.62. The van der Waals surface area contributed by atoms with Crippen molar-refractivity contribution >= 4 is 11.6 Å². The van der Waals surface area contributed by atoms with Gasteiger partial charge in [0, 0.05) is 31.7 Å². The number of nitrogens with one attached hydrogen (secondary N) is 1. The van der Waals surface area contributed by atoms with Gasteiger partial charge in [-0.15, -0.1) is 0 Å². The van der Waals surface area contributed by atoms with Gasteiger partial charge in [-0.1, -0.05) is 11.6 Å². The second-order valence-corrected chi connectivity index (χ2v) is 5.21. The van der Waals surface area contributed by atoms with E-state index in [4.69, 9.17) is 11.6 Å². The first-order chi connectivity index (χ1) is 9.86. The molecule has 1 aliphatic rings. The predicted octanol–water partition coefficient (Wildman–Crippen LogP) is 2.44. The maximum absolute atomic E-state index is 14.2. The number of hydrogen-bond donors (Lipinski definition) is 2. The molecule has 3 nitrogen and oxygen atoms in total. The molecule has 8 heteroatoms. The van der Waals surface area contributed by atoms with E-state index in [2.05, 4.69) is 5.32 Å². The number of rotatable bonds is 3. The van der Waals surface area contributed by atoms with Crippen molar-refractivity contribution in [1.82, 2.24) is 10.2 Å². The summed E-state index contributed by atoms with van der Waals surface area (Å²) in [5, 5.41) is 12.2. The van der Waals surface area contributed by atoms with E-state index in [0.717, 1.165) is 12.1 Å². The standard InChI is InChI=1S/C13H15ClF4N2O/c14-9-2-1-8(13(16,17)18)11(12(9)15)10(7-21)20-5-3-19-4-6-20/h1-2,10,19,21H,3-7H2/t10-/m1/s1. The lowest BCUT2D eigenvalue weighted by molar-refractivity contribution is -0.139. The molecule has 2 rings (SSSR count). The number of piperazine rings is 1. The fourth-order valence-corrected chi connectivity index (χ4v) is 2.69. The molecule has 1 heterocycles. The van der Waals surface area contributed by atoms with Crippen LogP contribution in [0.1, 0.15) is 17.2 Å². The third kappa shape index (κ3) is 3.48. The molecule has 0 radical (unpaired) electrons. The first-order valence-electron chi connectivity index (χ1n) is 6.47. The first kappa shape index (κ1) is 16.5. The Labute approximate surface area is 124 Å². The summed E-state index contributed by atoms with van der Waals surface area (Å²) in [5.74, 6) is -1.12. The third-order valence-electron chi connectivity index (χ3n) is 3.54. The summed E-state index contributed by atoms with van der Waals surface area (Å²) in [4.78, 5) is 1.63. The molecule has 1 saturated heterocycles. The predicted molar refractivity (Wildman–Crippen MR) is 70.7 cm³/mol. The van der Waals surface area contributed by atoms with Crippen LogP contribution in [0.4, 0.5) is 17.6 Å². The van der Waals surface area contributed by atoms with Gasteiger partial charge in [-0.2, -0.15) is 13.2 Å². The molecule has 0 bridgehead atoms. The van der Waals surface area contributed by atoms with Crippen LogP contribution in [0, 0.1) is 5.82 Å². The van der Waals surface area contributed by atoms with E-state index >= 15 is 0 Å². The van der Waals surface area contributed by atoms with Gasteiger partial charge in [-0.25, -0.2) is 4.39 Å². The maximum Gasteiger partial charge on any atom is 0.416 e. The van der Waals surface area contributed by atoms with Crippen molar-refractivity contribution in [3.05, 3.63) is 34.1 Å². The minimum Gasteiger partial charge on any atom is -0.394 e. The number of aliphatic hydroxyl groups excluding tert-OH is 1. The molecule has 1 aromatic rings. The monoisotopic (exact) mass is 326 g/mol. The third-order valence-corrected chi connectivity index (χ3v) is 3.83. The number of nitrogens with zero attached hydrogens (tertiary/aromatic N) is 1. The average molecular weight is 327 g/mol. The second-order valence-electron chi connectivity index (χ2n) is 4.80. The van der Waals surface area contributed by atoms with E-state index < -0.39 is 35.8 Å². The summed E-state index contributed by atoms with van der Waals surface area (Å²) in [6.07, 6.45) is -4.71. The summed E-state index contributed by atoms with van der Waals surface area (Å²) in [6, 6.07) is 0.573. The van der Waals surface area contributed by atoms with E-state index in [1.807, 2.05) is 0 Å². The molecule has 0 amide bonds. The van der Waals surface area contributed by atoms with E-state index in [0.29, 0.717) is 26.2 Å². The highest BCUT2D eigenvalue weighted by Gasteiger charge is 2.39. The summed E-state index contributed by atoms with van der Waals surface area (Å²) in [5.41, 5.74) is -1.68. The summed E-state index contributed by atoms with van der Waals surface area (Å²) in [7, 11) is 0. The molecule has 2 N–H and O–H groups in total. The maximum atomic E-state index is 14.2. The quantitative estimate of drug-likeness (QED) is 0.838. The van der Waals surface area contributed by atoms with Crippen molar-refractivity contribution in [2.75, 3.05) is 32.8 Å². The topological polar surface area (TPSA) is 35.5 Å². The Kier molecular flexibility index (Phi) is 5.08. The first-order valence-corrected chi connectivity index (χ1v) is 6.84. The van der Waals surface area contributed by atoms with Crippen LogP contribution < -0.4 is 5.32 Å². The molecule has 0 saturated carbocycles. The van der Waals surface area contributed by atoms with E-state index in [1.54, 1.807) is 4.90 Å². The van der Waals surface area contributed by atoms with Crippen LogP contribution in [0.25, 0.3) is 0 Å². The van der Waals surface area contributed by atoms with Gasteiger partial charge in [0.2, 0.25) is 0 Å². The molecular formula is C13H15ClF4N2O. The molecule has 0 aliphatic carbocycles. The van der Waals surface area contributed by atoms with Gasteiger partial charge in [-0.3, -0.25) is 4.90 Å². The SMILES string of the molecule is OC[C@H](c1c(C(F)(F)F)ccc(Cl)c1F)N1CCNCC1. The van der Waals surface area contributed by atoms with E-state index in [1.165, 1.54) is 0 Å². The van der Waals surface area contributed by atoms with Crippen LogP contribution in [-0.2, 0) is 6.18 Å². The minimum absolute atomic E-state index is 0.383. The fraction of sp³-hybridized carbons (Fsp3) is 0.538. The van der Waals surface area contributed by atoms with Crippen molar-refractivity contribution < 1.29 is 22.7 Å². The molecular weight excluding hydrogens is 312 g/mol. The molecule has 21 heavy (non-hydrogen) atoms. The molecule has 1 atom stereocenters. The zero-order valence-corrected chi connectivity index (χ0v) is 11.8. The summed E-state index contributed by atoms with van der Waals surface area (Å²) < 4.78 is 53.5. The number of aliphatic hydroxyl groups is 1. The number of alkyl halides is 3. The van der Waals surface area contributed by atoms with Crippen molar-refractivity contribution in [2.24, 2.45) is 0 Å². The van der Waals surface area contributed by atoms with Gasteiger partial charge >= 0.3 is 6.18 Å². The highest BCUT2D eigenvalue weighted by atomic mass is 35.5. The van der Waals surface area contributed by atoms with Crippen LogP contribution in [0.3, 0.4) is 0 Å². The van der Waals surface area contributed by atoms with Crippen molar-refractivity contribution in [3.63, 3.8) is 0 Å². The normalized spacial score (nSPS) is 18.8. The molecule has 0 spiro atoms. The minimum atomic E-state index is -4.71. The van der Waals surface area contributed by atoms with E-state index in [-0.39, 0.29) is 5.02 Å². The van der Waals surface area contributed by atoms with Crippen molar-refractivity contribution in [1.29, 1.82) is 0 Å². The molecule has 1 fully saturated rings. The lowest BCUT2D eigenvalue weighted by atomic mass is 9.97. The number of halogens is 5. The van der Waals surface area contributed by atoms with Crippen LogP contribution in [0.15, 0.2) is 12.1 Å². The Hall–Kier alpha value is -0.890. The summed E-state index contributed by atoms with van der Waals surface area (Å²) in [6.45, 7) is 1.38. The van der Waals surface area contributed by atoms with Crippen molar-refractivity contribution in [2.45, 2.75) is 12.2 Å². The van der Waals surface area contributed by atoms with Crippen LogP contribution in [0.2, 0.25) is 5.02 Å². The fourth-order valence-electron chi connectivity index (χ4n) is 2.52. The Balaban J connectivity index is 2.50. The lowest BCUT2D eigenvalue weighted by Crippen LogP contribution is -2.46. The Bertz CT molecular complexity index is 504. The van der Waals surface area contributed by atoms with Gasteiger partial charge in [0.25, 0.3) is 0 Å². The molecule has 1 aliphatic heterocycles. The number of benzene rings is 1. The number of hydrogen-bond acceptors (Lipinski definition) is 3. The van der Waals surface area contributed by atoms with Gasteiger partial charge in [0.1, 0.15) is 5.82 Å². The largest absolute Gasteiger partial charge is 0.416 e. The Morgan fingerprint density at radius 2 is 1.90 bits per heavy atom. The molecule has 0 unspecified atom stereocenters. The average Bonchev–Trinajstić information content (AvgIpc) is 2.44. The zero-order valence-electron chi connectivity index (χ0n) is 11.1. The Morgan fingerprint density at radius 1 is 1.29 bits per heavy atom. The van der Waals surface area contributed by atoms with Crippen LogP contribution >= 0.6 is 11.6 Å². The van der Waals surface area contributed by atoms with Gasteiger partial charge in [-0.05, 0) is 12.1 Å². The molecule has 1 aromatic carbocycles. The van der Waals surface area contributed by atoms with Gasteiger partial charge in [0.05, 0.1) is 23.2 Å². The van der Waals surface area contributed by atoms with Crippen LogP contribution in [0.5, 0.6) is 0 Å². The van der Waals surface area contributed by atoms with E-state index in [9.17, 15) is 22.7 Å². The Morgan fingerprint density at radius 3 is 2.43 bits per heavy atom. The van der Waals surface area contributed by atoms with Crippen LogP contribution in [-0.4, -0.2) is 42.8 Å². The van der Waals surface area contributed by atoms with Gasteiger partial charge < -0.3 is 10.4 Å². The zero-order chi connectivity index (χ0) is 15.6. The molecule has 0 aromatic heterocycles. The highest BCUT2D eigenvalue weighted by Crippen LogP contribution is 2.39. The van der Waals surface area contributed by atoms with Gasteiger partial charge in [0.15, 0.2) is 0 Å². The highest BCUT2D eigenvalue weighted by molar-refractivity contribution is 6.30.